The lowest BCUT2D eigenvalue weighted by molar-refractivity contribution is 0.153. The standard InChI is InChI=1S/C16H32N2O.ClH/c1-3-4-5-6-7-8-15(17)16(19)13-14-9-11-18(2)12-10-14;/h14,16-17,19H,3-13H2,1-2H3;1H. The van der Waals surface area contributed by atoms with Gasteiger partial charge in [0.1, 0.15) is 0 Å². The summed E-state index contributed by atoms with van der Waals surface area (Å²) in [6.45, 7) is 4.50. The second-order valence-electron chi connectivity index (χ2n) is 6.19. The van der Waals surface area contributed by atoms with E-state index in [1.807, 2.05) is 0 Å². The number of hydrogen-bond donors (Lipinski definition) is 2. The van der Waals surface area contributed by atoms with Gasteiger partial charge in [0.05, 0.1) is 6.10 Å². The van der Waals surface area contributed by atoms with Crippen LogP contribution in [0.3, 0.4) is 0 Å². The number of piperidine rings is 1. The van der Waals surface area contributed by atoms with E-state index in [4.69, 9.17) is 5.41 Å². The molecule has 1 aliphatic heterocycles. The third-order valence-corrected chi connectivity index (χ3v) is 4.35. The van der Waals surface area contributed by atoms with Crippen LogP contribution in [0.1, 0.15) is 64.7 Å². The van der Waals surface area contributed by atoms with Crippen LogP contribution < -0.4 is 0 Å². The fourth-order valence-electron chi connectivity index (χ4n) is 2.84. The van der Waals surface area contributed by atoms with E-state index in [2.05, 4.69) is 18.9 Å². The molecule has 0 bridgehead atoms. The van der Waals surface area contributed by atoms with Crippen LogP contribution in [0.15, 0.2) is 0 Å². The van der Waals surface area contributed by atoms with E-state index >= 15 is 0 Å². The Bertz CT molecular complexity index is 253. The number of aliphatic hydroxyl groups excluding tert-OH is 1. The second kappa shape index (κ2) is 11.5. The van der Waals surface area contributed by atoms with Crippen LogP contribution in [-0.2, 0) is 0 Å². The van der Waals surface area contributed by atoms with Gasteiger partial charge >= 0.3 is 0 Å². The molecule has 1 unspecified atom stereocenters. The third-order valence-electron chi connectivity index (χ3n) is 4.35. The minimum absolute atomic E-state index is 0. The topological polar surface area (TPSA) is 47.3 Å². The van der Waals surface area contributed by atoms with E-state index in [0.717, 1.165) is 32.4 Å². The minimum Gasteiger partial charge on any atom is -0.387 e. The van der Waals surface area contributed by atoms with Gasteiger partial charge in [-0.15, -0.1) is 12.4 Å². The number of unbranched alkanes of at least 4 members (excludes halogenated alkanes) is 4. The third kappa shape index (κ3) is 8.23. The Hall–Kier alpha value is -0.120. The van der Waals surface area contributed by atoms with Gasteiger partial charge in [0.15, 0.2) is 0 Å². The van der Waals surface area contributed by atoms with Gasteiger partial charge < -0.3 is 15.4 Å². The summed E-state index contributed by atoms with van der Waals surface area (Å²) in [5.74, 6) is 0.617. The molecule has 1 saturated heterocycles. The number of halogens is 1. The van der Waals surface area contributed by atoms with Crippen molar-refractivity contribution in [1.29, 1.82) is 5.41 Å². The van der Waals surface area contributed by atoms with Crippen molar-refractivity contribution >= 4 is 18.1 Å². The molecule has 0 aromatic rings. The molecule has 0 aromatic carbocycles. The van der Waals surface area contributed by atoms with Gasteiger partial charge in [-0.1, -0.05) is 32.6 Å². The lowest BCUT2D eigenvalue weighted by Crippen LogP contribution is -2.33. The number of rotatable bonds is 9. The van der Waals surface area contributed by atoms with E-state index in [9.17, 15) is 5.11 Å². The second-order valence-corrected chi connectivity index (χ2v) is 6.19. The monoisotopic (exact) mass is 304 g/mol. The van der Waals surface area contributed by atoms with Crippen LogP contribution in [0.5, 0.6) is 0 Å². The summed E-state index contributed by atoms with van der Waals surface area (Å²) in [5.41, 5.74) is 0.565. The van der Waals surface area contributed by atoms with Crippen molar-refractivity contribution < 1.29 is 5.11 Å². The molecule has 0 saturated carbocycles. The smallest absolute Gasteiger partial charge is 0.0916 e. The largest absolute Gasteiger partial charge is 0.387 e. The van der Waals surface area contributed by atoms with Crippen LogP contribution in [-0.4, -0.2) is 42.0 Å². The molecule has 1 rings (SSSR count). The van der Waals surface area contributed by atoms with Gasteiger partial charge in [0.25, 0.3) is 0 Å². The van der Waals surface area contributed by atoms with Crippen molar-refractivity contribution in [2.75, 3.05) is 20.1 Å². The zero-order chi connectivity index (χ0) is 14.1. The molecule has 1 aliphatic rings. The molecule has 2 N–H and O–H groups in total. The lowest BCUT2D eigenvalue weighted by atomic mass is 9.89. The highest BCUT2D eigenvalue weighted by Crippen LogP contribution is 2.22. The zero-order valence-electron chi connectivity index (χ0n) is 13.2. The van der Waals surface area contributed by atoms with Crippen molar-refractivity contribution in [3.05, 3.63) is 0 Å². The molecule has 0 amide bonds. The number of hydrogen-bond acceptors (Lipinski definition) is 3. The molecular formula is C16H33ClN2O. The highest BCUT2D eigenvalue weighted by atomic mass is 35.5. The van der Waals surface area contributed by atoms with Gasteiger partial charge in [0, 0.05) is 5.71 Å². The molecule has 4 heteroatoms. The van der Waals surface area contributed by atoms with Crippen LogP contribution in [0.4, 0.5) is 0 Å². The average Bonchev–Trinajstić information content (AvgIpc) is 2.41. The van der Waals surface area contributed by atoms with Gasteiger partial charge in [-0.2, -0.15) is 0 Å². The Morgan fingerprint density at radius 2 is 1.80 bits per heavy atom. The molecule has 1 heterocycles. The first-order chi connectivity index (χ1) is 9.13. The van der Waals surface area contributed by atoms with Gasteiger partial charge in [-0.3, -0.25) is 0 Å². The zero-order valence-corrected chi connectivity index (χ0v) is 14.1. The van der Waals surface area contributed by atoms with E-state index in [1.54, 1.807) is 0 Å². The van der Waals surface area contributed by atoms with Crippen LogP contribution in [0.25, 0.3) is 0 Å². The summed E-state index contributed by atoms with van der Waals surface area (Å²) >= 11 is 0. The van der Waals surface area contributed by atoms with Gasteiger partial charge in [-0.25, -0.2) is 0 Å². The van der Waals surface area contributed by atoms with Crippen molar-refractivity contribution in [1.82, 2.24) is 4.90 Å². The summed E-state index contributed by atoms with van der Waals surface area (Å²) in [4.78, 5) is 2.35. The molecule has 3 nitrogen and oxygen atoms in total. The molecule has 0 spiro atoms. The minimum atomic E-state index is -0.486. The normalized spacial score (nSPS) is 18.6. The first-order valence-electron chi connectivity index (χ1n) is 8.07. The van der Waals surface area contributed by atoms with Gasteiger partial charge in [-0.05, 0) is 58.2 Å². The quantitative estimate of drug-likeness (QED) is 0.501. The van der Waals surface area contributed by atoms with E-state index in [0.29, 0.717) is 11.6 Å². The number of likely N-dealkylation sites (tertiary alicyclic amines) is 1. The fourth-order valence-corrected chi connectivity index (χ4v) is 2.84. The first-order valence-corrected chi connectivity index (χ1v) is 8.07. The molecule has 0 aromatic heterocycles. The van der Waals surface area contributed by atoms with E-state index in [-0.39, 0.29) is 12.4 Å². The maximum atomic E-state index is 10.1. The van der Waals surface area contributed by atoms with Crippen LogP contribution in [0.2, 0.25) is 0 Å². The molecular weight excluding hydrogens is 272 g/mol. The number of aliphatic hydroxyl groups is 1. The molecule has 0 aliphatic carbocycles. The summed E-state index contributed by atoms with van der Waals surface area (Å²) in [6.07, 6.45) is 9.57. The Morgan fingerprint density at radius 1 is 1.20 bits per heavy atom. The summed E-state index contributed by atoms with van der Waals surface area (Å²) in [5, 5.41) is 18.1. The van der Waals surface area contributed by atoms with Crippen LogP contribution >= 0.6 is 12.4 Å². The maximum absolute atomic E-state index is 10.1. The first kappa shape index (κ1) is 19.9. The molecule has 20 heavy (non-hydrogen) atoms. The molecule has 1 fully saturated rings. The SMILES string of the molecule is CCCCCCCC(=N)C(O)CC1CCN(C)CC1.Cl. The molecule has 0 radical (unpaired) electrons. The maximum Gasteiger partial charge on any atom is 0.0916 e. The Labute approximate surface area is 131 Å². The Balaban J connectivity index is 0.00000361. The van der Waals surface area contributed by atoms with E-state index in [1.165, 1.54) is 38.5 Å². The Morgan fingerprint density at radius 3 is 2.40 bits per heavy atom. The summed E-state index contributed by atoms with van der Waals surface area (Å²) in [7, 11) is 2.16. The summed E-state index contributed by atoms with van der Waals surface area (Å²) < 4.78 is 0. The highest BCUT2D eigenvalue weighted by Gasteiger charge is 2.21. The fraction of sp³-hybridized carbons (Fsp3) is 0.938. The molecule has 1 atom stereocenters. The van der Waals surface area contributed by atoms with Crippen molar-refractivity contribution in [2.45, 2.75) is 70.8 Å². The van der Waals surface area contributed by atoms with Crippen molar-refractivity contribution in [2.24, 2.45) is 5.92 Å². The predicted octanol–water partition coefficient (Wildman–Crippen LogP) is 3.88. The highest BCUT2D eigenvalue weighted by molar-refractivity contribution is 5.85. The lowest BCUT2D eigenvalue weighted by Gasteiger charge is -2.30. The van der Waals surface area contributed by atoms with E-state index < -0.39 is 6.10 Å². The average molecular weight is 305 g/mol. The van der Waals surface area contributed by atoms with Crippen molar-refractivity contribution in [3.8, 4) is 0 Å². The van der Waals surface area contributed by atoms with Crippen LogP contribution in [0, 0.1) is 11.3 Å². The van der Waals surface area contributed by atoms with Gasteiger partial charge in [0.2, 0.25) is 0 Å². The van der Waals surface area contributed by atoms with Crippen molar-refractivity contribution in [3.63, 3.8) is 0 Å². The predicted molar refractivity (Wildman–Crippen MR) is 89.2 cm³/mol. The molecule has 120 valence electrons. The summed E-state index contributed by atoms with van der Waals surface area (Å²) in [6, 6.07) is 0. The Kier molecular flexibility index (Phi) is 11.5. The number of nitrogens with one attached hydrogen (secondary N) is 1. The number of nitrogens with zero attached hydrogens (tertiary/aromatic N) is 1.